The summed E-state index contributed by atoms with van der Waals surface area (Å²) >= 11 is 0. The molecule has 19 heavy (non-hydrogen) atoms. The highest BCUT2D eigenvalue weighted by molar-refractivity contribution is 5.75. The molecule has 0 aliphatic carbocycles. The average molecular weight is 263 g/mol. The Hall–Kier alpha value is -1.35. The molecule has 0 bridgehead atoms. The smallest absolute Gasteiger partial charge is 0.322 e. The van der Waals surface area contributed by atoms with Gasteiger partial charge in [-0.2, -0.15) is 0 Å². The van der Waals surface area contributed by atoms with Crippen LogP contribution >= 0.6 is 0 Å². The summed E-state index contributed by atoms with van der Waals surface area (Å²) in [6.45, 7) is 10.5. The first kappa shape index (κ1) is 15.7. The second-order valence-electron chi connectivity index (χ2n) is 6.01. The number of carbonyl (C=O) groups excluding carboxylic acids is 1. The summed E-state index contributed by atoms with van der Waals surface area (Å²) in [7, 11) is 1.41. The third-order valence-corrected chi connectivity index (χ3v) is 3.33. The van der Waals surface area contributed by atoms with Crippen molar-refractivity contribution in [3.05, 3.63) is 35.4 Å². The molecule has 3 nitrogen and oxygen atoms in total. The van der Waals surface area contributed by atoms with Crippen molar-refractivity contribution in [3.63, 3.8) is 0 Å². The van der Waals surface area contributed by atoms with E-state index in [1.54, 1.807) is 0 Å². The molecule has 0 aliphatic heterocycles. The van der Waals surface area contributed by atoms with Crippen molar-refractivity contribution in [2.24, 2.45) is 0 Å². The predicted octanol–water partition coefficient (Wildman–Crippen LogP) is 3.20. The van der Waals surface area contributed by atoms with Crippen molar-refractivity contribution < 1.29 is 9.53 Å². The first-order chi connectivity index (χ1) is 8.75. The second kappa shape index (κ2) is 6.20. The van der Waals surface area contributed by atoms with Crippen LogP contribution in [0.4, 0.5) is 0 Å². The molecule has 1 aromatic carbocycles. The Labute approximate surface area is 116 Å². The first-order valence-electron chi connectivity index (χ1n) is 6.70. The van der Waals surface area contributed by atoms with Gasteiger partial charge in [0, 0.05) is 6.04 Å². The van der Waals surface area contributed by atoms with E-state index in [1.165, 1.54) is 18.2 Å². The molecule has 1 unspecified atom stereocenters. The van der Waals surface area contributed by atoms with Crippen LogP contribution in [0.1, 0.15) is 51.8 Å². The molecule has 1 N–H and O–H groups in total. The van der Waals surface area contributed by atoms with Crippen molar-refractivity contribution in [2.45, 2.75) is 52.1 Å². The summed E-state index contributed by atoms with van der Waals surface area (Å²) in [5.41, 5.74) is 2.64. The maximum atomic E-state index is 11.4. The molecular weight excluding hydrogens is 238 g/mol. The minimum atomic E-state index is -0.303. The number of hydrogen-bond acceptors (Lipinski definition) is 3. The van der Waals surface area contributed by atoms with Gasteiger partial charge in [0.25, 0.3) is 0 Å². The molecule has 1 rings (SSSR count). The summed E-state index contributed by atoms with van der Waals surface area (Å²) in [4.78, 5) is 11.4. The number of ether oxygens (including phenoxy) is 1. The number of hydrogen-bond donors (Lipinski definition) is 1. The van der Waals surface area contributed by atoms with E-state index in [-0.39, 0.29) is 23.5 Å². The third-order valence-electron chi connectivity index (χ3n) is 3.33. The Morgan fingerprint density at radius 1 is 1.16 bits per heavy atom. The summed E-state index contributed by atoms with van der Waals surface area (Å²) in [5.74, 6) is -0.238. The normalized spacial score (nSPS) is 14.8. The van der Waals surface area contributed by atoms with Gasteiger partial charge in [0.2, 0.25) is 0 Å². The third kappa shape index (κ3) is 4.35. The van der Waals surface area contributed by atoms with E-state index in [0.717, 1.165) is 0 Å². The quantitative estimate of drug-likeness (QED) is 0.848. The van der Waals surface area contributed by atoms with E-state index in [2.05, 4.69) is 50.4 Å². The lowest BCUT2D eigenvalue weighted by molar-refractivity contribution is -0.142. The lowest BCUT2D eigenvalue weighted by Gasteiger charge is -2.22. The predicted molar refractivity (Wildman–Crippen MR) is 78.2 cm³/mol. The highest BCUT2D eigenvalue weighted by Crippen LogP contribution is 2.24. The highest BCUT2D eigenvalue weighted by Gasteiger charge is 2.17. The maximum absolute atomic E-state index is 11.4. The maximum Gasteiger partial charge on any atom is 0.322 e. The molecule has 0 saturated carbocycles. The van der Waals surface area contributed by atoms with Gasteiger partial charge in [-0.15, -0.1) is 0 Å². The molecule has 0 radical (unpaired) electrons. The van der Waals surface area contributed by atoms with Crippen molar-refractivity contribution in [1.29, 1.82) is 0 Å². The molecule has 0 aliphatic rings. The highest BCUT2D eigenvalue weighted by atomic mass is 16.5. The van der Waals surface area contributed by atoms with Gasteiger partial charge < -0.3 is 4.74 Å². The van der Waals surface area contributed by atoms with Gasteiger partial charge in [-0.05, 0) is 30.4 Å². The van der Waals surface area contributed by atoms with Gasteiger partial charge in [-0.3, -0.25) is 10.1 Å². The fraction of sp³-hybridized carbons (Fsp3) is 0.562. The van der Waals surface area contributed by atoms with Gasteiger partial charge in [-0.25, -0.2) is 0 Å². The standard InChI is InChI=1S/C16H25NO2/c1-11(17-12(2)15(18)19-6)13-7-9-14(10-8-13)16(3,4)5/h7-12,17H,1-6H3/t11?,12-/m0/s1. The fourth-order valence-electron chi connectivity index (χ4n) is 1.99. The number of carbonyl (C=O) groups is 1. The summed E-state index contributed by atoms with van der Waals surface area (Å²) in [6.07, 6.45) is 0. The van der Waals surface area contributed by atoms with Crippen LogP contribution in [-0.4, -0.2) is 19.1 Å². The zero-order valence-corrected chi connectivity index (χ0v) is 12.8. The van der Waals surface area contributed by atoms with Crippen LogP contribution < -0.4 is 5.32 Å². The first-order valence-corrected chi connectivity index (χ1v) is 6.70. The zero-order chi connectivity index (χ0) is 14.6. The molecule has 2 atom stereocenters. The number of rotatable bonds is 4. The molecule has 0 saturated heterocycles. The number of nitrogens with one attached hydrogen (secondary N) is 1. The second-order valence-corrected chi connectivity index (χ2v) is 6.01. The average Bonchev–Trinajstić information content (AvgIpc) is 2.36. The Morgan fingerprint density at radius 2 is 1.68 bits per heavy atom. The van der Waals surface area contributed by atoms with Crippen molar-refractivity contribution in [3.8, 4) is 0 Å². The molecular formula is C16H25NO2. The van der Waals surface area contributed by atoms with E-state index >= 15 is 0 Å². The van der Waals surface area contributed by atoms with Crippen LogP contribution in [0.25, 0.3) is 0 Å². The molecule has 0 aromatic heterocycles. The fourth-order valence-corrected chi connectivity index (χ4v) is 1.99. The lowest BCUT2D eigenvalue weighted by Crippen LogP contribution is -2.36. The van der Waals surface area contributed by atoms with Gasteiger partial charge in [0.05, 0.1) is 7.11 Å². The molecule has 0 amide bonds. The van der Waals surface area contributed by atoms with Crippen LogP contribution in [0.15, 0.2) is 24.3 Å². The molecule has 0 spiro atoms. The number of methoxy groups -OCH3 is 1. The van der Waals surface area contributed by atoms with E-state index in [4.69, 9.17) is 4.74 Å². The number of esters is 1. The zero-order valence-electron chi connectivity index (χ0n) is 12.8. The van der Waals surface area contributed by atoms with Crippen LogP contribution in [0.2, 0.25) is 0 Å². The Balaban J connectivity index is 2.73. The van der Waals surface area contributed by atoms with Crippen LogP contribution in [0.5, 0.6) is 0 Å². The Morgan fingerprint density at radius 3 is 2.11 bits per heavy atom. The molecule has 0 heterocycles. The Kier molecular flexibility index (Phi) is 5.12. The summed E-state index contributed by atoms with van der Waals surface area (Å²) in [5, 5.41) is 3.23. The van der Waals surface area contributed by atoms with Gasteiger partial charge >= 0.3 is 5.97 Å². The van der Waals surface area contributed by atoms with Gasteiger partial charge in [0.15, 0.2) is 0 Å². The van der Waals surface area contributed by atoms with Gasteiger partial charge in [0.1, 0.15) is 6.04 Å². The van der Waals surface area contributed by atoms with Crippen LogP contribution in [0, 0.1) is 0 Å². The van der Waals surface area contributed by atoms with E-state index in [0.29, 0.717) is 0 Å². The van der Waals surface area contributed by atoms with E-state index in [9.17, 15) is 4.79 Å². The van der Waals surface area contributed by atoms with E-state index in [1.807, 2.05) is 13.8 Å². The summed E-state index contributed by atoms with van der Waals surface area (Å²) < 4.78 is 4.71. The molecule has 106 valence electrons. The Bertz CT molecular complexity index is 417. The largest absolute Gasteiger partial charge is 0.468 e. The van der Waals surface area contributed by atoms with Crippen molar-refractivity contribution >= 4 is 5.97 Å². The van der Waals surface area contributed by atoms with Crippen LogP contribution in [-0.2, 0) is 14.9 Å². The minimum Gasteiger partial charge on any atom is -0.468 e. The SMILES string of the molecule is COC(=O)[C@H](C)NC(C)c1ccc(C(C)(C)C)cc1. The summed E-state index contributed by atoms with van der Waals surface area (Å²) in [6, 6.07) is 8.34. The monoisotopic (exact) mass is 263 g/mol. The number of benzene rings is 1. The molecule has 3 heteroatoms. The van der Waals surface area contributed by atoms with E-state index < -0.39 is 0 Å². The lowest BCUT2D eigenvalue weighted by atomic mass is 9.86. The van der Waals surface area contributed by atoms with Crippen LogP contribution in [0.3, 0.4) is 0 Å². The van der Waals surface area contributed by atoms with Gasteiger partial charge in [-0.1, -0.05) is 45.0 Å². The van der Waals surface area contributed by atoms with Crippen molar-refractivity contribution in [2.75, 3.05) is 7.11 Å². The van der Waals surface area contributed by atoms with Crippen molar-refractivity contribution in [1.82, 2.24) is 5.32 Å². The molecule has 1 aromatic rings. The molecule has 0 fully saturated rings. The minimum absolute atomic E-state index is 0.114. The topological polar surface area (TPSA) is 38.3 Å².